The van der Waals surface area contributed by atoms with E-state index in [0.29, 0.717) is 32.9 Å². The number of aliphatic hydroxyl groups is 4. The first-order valence-corrected chi connectivity index (χ1v) is 29.6. The van der Waals surface area contributed by atoms with E-state index in [9.17, 15) is 68.7 Å². The Morgan fingerprint density at radius 1 is 0.733 bits per heavy atom. The van der Waals surface area contributed by atoms with Crippen molar-refractivity contribution in [2.75, 3.05) is 26.2 Å². The third-order valence-corrected chi connectivity index (χ3v) is 16.4. The highest BCUT2D eigenvalue weighted by Crippen LogP contribution is 2.30. The fraction of sp³-hybridized carbons (Fsp3) is 0.525. The number of rotatable bonds is 14. The molecule has 0 aliphatic carbocycles. The lowest BCUT2D eigenvalue weighted by molar-refractivity contribution is -0.161. The standard InChI is InChI=1S/C59H79N13O18/c1-26(2)49(78)47-57(86)71-18-11-16-40(71)59(89)90-30(6)46(69-52(81)39(25-73)65-42(76)21-35(60)58(87)88)55(84)68-45(29(5)74)54(83)64-28(4)50(79)63-24-43(77)72-19-17-41(75)48(72)56(85)66-38(20-31-22-61-36-14-9-7-12-32(31)36)51(80)67-44(53(82)70-47)27(3)34-23-62-37-15-10-8-13-33(34)37/h7-10,12-15,22-23,26-30,35,38-41,44-49,61-62,73-75,78H,11,16-21,24-25,60H2,1-6H3,(H,63,79)(H,64,83)(H,65,76)(H,66,85)(H,67,80)(H,68,84)(H,69,81)(H,70,82)(H,87,88). The van der Waals surface area contributed by atoms with Crippen LogP contribution in [0.1, 0.15) is 84.3 Å². The number of aliphatic carboxylic acids is 1. The number of carboxylic acid groups (broad SMARTS) is 1. The summed E-state index contributed by atoms with van der Waals surface area (Å²) in [5.41, 5.74) is 7.86. The molecule has 31 heteroatoms. The topological polar surface area (TPSA) is 476 Å². The van der Waals surface area contributed by atoms with Gasteiger partial charge in [-0.25, -0.2) is 4.79 Å². The smallest absolute Gasteiger partial charge is 0.329 e. The third kappa shape index (κ3) is 16.0. The van der Waals surface area contributed by atoms with E-state index in [2.05, 4.69) is 52.5 Å². The number of carboxylic acids is 1. The van der Waals surface area contributed by atoms with Crippen molar-refractivity contribution in [2.24, 2.45) is 11.7 Å². The number of fused-ring (bicyclic) bond motifs is 4. The highest BCUT2D eigenvalue weighted by atomic mass is 16.5. The van der Waals surface area contributed by atoms with Crippen molar-refractivity contribution < 1.29 is 87.8 Å². The molecule has 15 unspecified atom stereocenters. The molecule has 0 saturated carbocycles. The van der Waals surface area contributed by atoms with Crippen LogP contribution in [0.15, 0.2) is 60.9 Å². The molecule has 0 radical (unpaired) electrons. The number of hydrogen-bond acceptors (Lipinski definition) is 18. The Hall–Kier alpha value is -9.04. The molecule has 5 heterocycles. The lowest BCUT2D eigenvalue weighted by atomic mass is 9.90. The number of cyclic esters (lactones) is 1. The minimum atomic E-state index is -2.09. The van der Waals surface area contributed by atoms with E-state index in [1.165, 1.54) is 6.92 Å². The van der Waals surface area contributed by atoms with E-state index >= 15 is 14.4 Å². The van der Waals surface area contributed by atoms with E-state index < -0.39 is 187 Å². The molecule has 15 atom stereocenters. The molecule has 7 rings (SSSR count). The maximum Gasteiger partial charge on any atom is 0.329 e. The molecular formula is C59H79N13O18. The number of aliphatic hydroxyl groups excluding tert-OH is 4. The van der Waals surface area contributed by atoms with Gasteiger partial charge in [-0.05, 0) is 69.2 Å². The summed E-state index contributed by atoms with van der Waals surface area (Å²) in [5, 5.41) is 74.2. The zero-order valence-electron chi connectivity index (χ0n) is 50.4. The summed E-state index contributed by atoms with van der Waals surface area (Å²) in [7, 11) is 0. The van der Waals surface area contributed by atoms with Crippen molar-refractivity contribution in [3.05, 3.63) is 72.1 Å². The molecule has 10 amide bonds. The van der Waals surface area contributed by atoms with E-state index in [4.69, 9.17) is 10.5 Å². The summed E-state index contributed by atoms with van der Waals surface area (Å²) < 4.78 is 5.79. The van der Waals surface area contributed by atoms with Crippen molar-refractivity contribution in [1.29, 1.82) is 0 Å². The average Bonchev–Trinajstić information content (AvgIpc) is 2.07. The van der Waals surface area contributed by atoms with E-state index in [0.717, 1.165) is 23.6 Å². The van der Waals surface area contributed by atoms with E-state index in [1.54, 1.807) is 81.7 Å². The lowest BCUT2D eigenvalue weighted by Crippen LogP contribution is -2.64. The second kappa shape index (κ2) is 30.0. The molecule has 0 bridgehead atoms. The summed E-state index contributed by atoms with van der Waals surface area (Å²) in [4.78, 5) is 177. The van der Waals surface area contributed by atoms with Gasteiger partial charge in [-0.3, -0.25) is 52.7 Å². The molecule has 2 aromatic heterocycles. The molecular weight excluding hydrogens is 1180 g/mol. The number of carbonyl (C=O) groups excluding carboxylic acids is 11. The minimum Gasteiger partial charge on any atom is -0.480 e. The predicted octanol–water partition coefficient (Wildman–Crippen LogP) is -4.38. The van der Waals surface area contributed by atoms with Crippen molar-refractivity contribution in [2.45, 2.75) is 164 Å². The molecule has 17 N–H and O–H groups in total. The van der Waals surface area contributed by atoms with Crippen LogP contribution in [-0.2, 0) is 68.7 Å². The van der Waals surface area contributed by atoms with Crippen molar-refractivity contribution >= 4 is 92.8 Å². The Balaban J connectivity index is 1.29. The zero-order valence-corrected chi connectivity index (χ0v) is 50.4. The van der Waals surface area contributed by atoms with Gasteiger partial charge >= 0.3 is 11.9 Å². The number of aromatic nitrogens is 2. The van der Waals surface area contributed by atoms with Crippen LogP contribution in [-0.4, -0.2) is 227 Å². The van der Waals surface area contributed by atoms with Gasteiger partial charge in [-0.2, -0.15) is 0 Å². The average molecular weight is 1260 g/mol. The third-order valence-electron chi connectivity index (χ3n) is 16.4. The molecule has 2 aromatic carbocycles. The molecule has 3 saturated heterocycles. The van der Waals surface area contributed by atoms with E-state index in [-0.39, 0.29) is 38.8 Å². The normalized spacial score (nSPS) is 26.6. The summed E-state index contributed by atoms with van der Waals surface area (Å²) in [5.74, 6) is -15.3. The molecule has 3 fully saturated rings. The van der Waals surface area contributed by atoms with Crippen LogP contribution in [0.2, 0.25) is 0 Å². The Morgan fingerprint density at radius 3 is 2.01 bits per heavy atom. The van der Waals surface area contributed by atoms with Crippen LogP contribution in [0.4, 0.5) is 0 Å². The summed E-state index contributed by atoms with van der Waals surface area (Å²) in [6.07, 6.45) is -4.63. The van der Waals surface area contributed by atoms with Gasteiger partial charge in [0, 0.05) is 59.6 Å². The fourth-order valence-electron chi connectivity index (χ4n) is 11.2. The van der Waals surface area contributed by atoms with Gasteiger partial charge < -0.3 is 98.3 Å². The van der Waals surface area contributed by atoms with Crippen LogP contribution in [0.5, 0.6) is 0 Å². The van der Waals surface area contributed by atoms with Gasteiger partial charge in [0.15, 0.2) is 0 Å². The quantitative estimate of drug-likeness (QED) is 0.0530. The molecule has 4 aromatic rings. The van der Waals surface area contributed by atoms with Gasteiger partial charge in [0.2, 0.25) is 59.1 Å². The number of nitrogens with two attached hydrogens (primary N) is 1. The summed E-state index contributed by atoms with van der Waals surface area (Å²) >= 11 is 0. The first kappa shape index (κ1) is 68.5. The molecule has 3 aliphatic rings. The Kier molecular flexibility index (Phi) is 22.8. The number of amides is 10. The number of H-pyrrole nitrogens is 2. The monoisotopic (exact) mass is 1260 g/mol. The second-order valence-electron chi connectivity index (χ2n) is 23.2. The molecule has 31 nitrogen and oxygen atoms in total. The summed E-state index contributed by atoms with van der Waals surface area (Å²) in [6, 6.07) is -3.19. The van der Waals surface area contributed by atoms with Gasteiger partial charge in [-0.1, -0.05) is 57.2 Å². The number of benzene rings is 2. The van der Waals surface area contributed by atoms with Crippen LogP contribution in [0.25, 0.3) is 21.8 Å². The maximum absolute atomic E-state index is 15.3. The van der Waals surface area contributed by atoms with Gasteiger partial charge in [0.05, 0.1) is 37.9 Å². The Labute approximate surface area is 515 Å². The van der Waals surface area contributed by atoms with Crippen molar-refractivity contribution in [3.63, 3.8) is 0 Å². The maximum atomic E-state index is 15.3. The van der Waals surface area contributed by atoms with Crippen LogP contribution in [0.3, 0.4) is 0 Å². The second-order valence-corrected chi connectivity index (χ2v) is 23.2. The molecule has 488 valence electrons. The number of nitrogens with one attached hydrogen (secondary N) is 10. The number of aromatic amines is 2. The minimum absolute atomic E-state index is 0.0876. The van der Waals surface area contributed by atoms with Crippen LogP contribution in [0, 0.1) is 5.92 Å². The molecule has 90 heavy (non-hydrogen) atoms. The van der Waals surface area contributed by atoms with Crippen LogP contribution >= 0.6 is 0 Å². The Morgan fingerprint density at radius 2 is 1.36 bits per heavy atom. The van der Waals surface area contributed by atoms with Crippen molar-refractivity contribution in [1.82, 2.24) is 62.3 Å². The number of ether oxygens (including phenoxy) is 1. The van der Waals surface area contributed by atoms with Crippen LogP contribution < -0.4 is 48.3 Å². The van der Waals surface area contributed by atoms with Gasteiger partial charge in [0.1, 0.15) is 66.5 Å². The number of nitrogens with zero attached hydrogens (tertiary/aromatic N) is 2. The number of hydrogen-bond donors (Lipinski definition) is 16. The highest BCUT2D eigenvalue weighted by molar-refractivity contribution is 6.00. The largest absolute Gasteiger partial charge is 0.480 e. The highest BCUT2D eigenvalue weighted by Gasteiger charge is 2.47. The van der Waals surface area contributed by atoms with Gasteiger partial charge in [-0.15, -0.1) is 0 Å². The number of carbonyl (C=O) groups is 12. The number of para-hydroxylation sites is 2. The van der Waals surface area contributed by atoms with E-state index in [1.807, 2.05) is 0 Å². The molecule has 0 spiro atoms. The lowest BCUT2D eigenvalue weighted by Gasteiger charge is -2.35. The SMILES string of the molecule is CC1NC(=O)C(C(C)O)NC(=O)C(NC(=O)C(CO)NC(=O)CC(N)C(=O)O)C(C)OC(=O)C2CCCN2C(=O)C(C(O)C(C)C)NC(=O)C(C(C)c2c[nH]c3ccccc23)NC(=O)C(Cc2c[nH]c3ccccc23)NC(=O)C2C(O)CCN2C(=O)CNC1=O. The number of esters is 1. The summed E-state index contributed by atoms with van der Waals surface area (Å²) in [6.45, 7) is 5.80. The predicted molar refractivity (Wildman–Crippen MR) is 317 cm³/mol. The zero-order chi connectivity index (χ0) is 66.0. The first-order valence-electron chi connectivity index (χ1n) is 29.6. The van der Waals surface area contributed by atoms with Gasteiger partial charge in [0.25, 0.3) is 0 Å². The van der Waals surface area contributed by atoms with Crippen molar-refractivity contribution in [3.8, 4) is 0 Å². The molecule has 3 aliphatic heterocycles. The first-order chi connectivity index (χ1) is 42.6. The Bertz CT molecular complexity index is 3350. The fourth-order valence-corrected chi connectivity index (χ4v) is 11.2.